The monoisotopic (exact) mass is 229 g/mol. The van der Waals surface area contributed by atoms with Crippen molar-refractivity contribution < 1.29 is 4.79 Å². The standard InChI is InChI=1S/C15H19NO/c17-15-8-6-14(7-9-15)16-10-13(11-16)12-4-2-1-3-5-12/h1-5,13-14H,6-11H2. The molecule has 0 amide bonds. The normalized spacial score (nSPS) is 23.6. The molecule has 17 heavy (non-hydrogen) atoms. The minimum Gasteiger partial charge on any atom is -0.300 e. The molecule has 1 saturated carbocycles. The summed E-state index contributed by atoms with van der Waals surface area (Å²) < 4.78 is 0. The number of carbonyl (C=O) groups is 1. The van der Waals surface area contributed by atoms with Crippen LogP contribution in [0.1, 0.15) is 37.2 Å². The van der Waals surface area contributed by atoms with Gasteiger partial charge in [-0.2, -0.15) is 0 Å². The number of benzene rings is 1. The summed E-state index contributed by atoms with van der Waals surface area (Å²) in [4.78, 5) is 13.8. The second kappa shape index (κ2) is 4.61. The molecular formula is C15H19NO. The third kappa shape index (κ3) is 2.27. The number of nitrogens with zero attached hydrogens (tertiary/aromatic N) is 1. The van der Waals surface area contributed by atoms with Gasteiger partial charge >= 0.3 is 0 Å². The maximum absolute atomic E-state index is 11.2. The van der Waals surface area contributed by atoms with Gasteiger partial charge in [0.2, 0.25) is 0 Å². The van der Waals surface area contributed by atoms with E-state index in [1.807, 2.05) is 0 Å². The maximum atomic E-state index is 11.2. The molecular weight excluding hydrogens is 210 g/mol. The molecule has 2 nitrogen and oxygen atoms in total. The minimum atomic E-state index is 0.460. The van der Waals surface area contributed by atoms with Crippen molar-refractivity contribution in [3.8, 4) is 0 Å². The molecule has 2 fully saturated rings. The molecule has 2 aliphatic rings. The van der Waals surface area contributed by atoms with Crippen molar-refractivity contribution in [1.29, 1.82) is 0 Å². The quantitative estimate of drug-likeness (QED) is 0.777. The van der Waals surface area contributed by atoms with E-state index in [1.54, 1.807) is 0 Å². The average molecular weight is 229 g/mol. The highest BCUT2D eigenvalue weighted by Gasteiger charge is 2.34. The summed E-state index contributed by atoms with van der Waals surface area (Å²) in [5, 5.41) is 0. The Balaban J connectivity index is 1.53. The van der Waals surface area contributed by atoms with E-state index in [2.05, 4.69) is 35.2 Å². The lowest BCUT2D eigenvalue weighted by Crippen LogP contribution is -2.51. The largest absolute Gasteiger partial charge is 0.300 e. The lowest BCUT2D eigenvalue weighted by atomic mass is 9.85. The highest BCUT2D eigenvalue weighted by molar-refractivity contribution is 5.79. The van der Waals surface area contributed by atoms with Crippen molar-refractivity contribution >= 4 is 5.78 Å². The van der Waals surface area contributed by atoms with E-state index in [0.717, 1.165) is 25.7 Å². The minimum absolute atomic E-state index is 0.460. The van der Waals surface area contributed by atoms with E-state index >= 15 is 0 Å². The fraction of sp³-hybridized carbons (Fsp3) is 0.533. The third-order valence-electron chi connectivity index (χ3n) is 4.21. The SMILES string of the molecule is O=C1CCC(N2CC(c3ccccc3)C2)CC1. The van der Waals surface area contributed by atoms with Crippen molar-refractivity contribution in [1.82, 2.24) is 4.90 Å². The van der Waals surface area contributed by atoms with Gasteiger partial charge in [0.15, 0.2) is 0 Å². The lowest BCUT2D eigenvalue weighted by Gasteiger charge is -2.45. The van der Waals surface area contributed by atoms with Crippen LogP contribution in [0.5, 0.6) is 0 Å². The van der Waals surface area contributed by atoms with Gasteiger partial charge in [0.25, 0.3) is 0 Å². The predicted molar refractivity (Wildman–Crippen MR) is 68.0 cm³/mol. The van der Waals surface area contributed by atoms with Gasteiger partial charge in [-0.05, 0) is 18.4 Å². The maximum Gasteiger partial charge on any atom is 0.133 e. The summed E-state index contributed by atoms with van der Waals surface area (Å²) in [5.74, 6) is 1.18. The van der Waals surface area contributed by atoms with E-state index in [9.17, 15) is 4.79 Å². The van der Waals surface area contributed by atoms with E-state index in [-0.39, 0.29) is 0 Å². The Morgan fingerprint density at radius 3 is 2.29 bits per heavy atom. The van der Waals surface area contributed by atoms with Crippen LogP contribution in [0.2, 0.25) is 0 Å². The molecule has 1 saturated heterocycles. The molecule has 0 radical (unpaired) electrons. The smallest absolute Gasteiger partial charge is 0.133 e. The number of hydrogen-bond donors (Lipinski definition) is 0. The molecule has 0 bridgehead atoms. The number of ketones is 1. The van der Waals surface area contributed by atoms with Gasteiger partial charge in [-0.15, -0.1) is 0 Å². The van der Waals surface area contributed by atoms with Crippen LogP contribution < -0.4 is 0 Å². The summed E-state index contributed by atoms with van der Waals surface area (Å²) in [5.41, 5.74) is 1.47. The molecule has 1 aliphatic heterocycles. The van der Waals surface area contributed by atoms with Crippen LogP contribution in [0.4, 0.5) is 0 Å². The Morgan fingerprint density at radius 2 is 1.65 bits per heavy atom. The van der Waals surface area contributed by atoms with E-state index in [0.29, 0.717) is 17.7 Å². The van der Waals surface area contributed by atoms with Crippen molar-refractivity contribution in [2.24, 2.45) is 0 Å². The topological polar surface area (TPSA) is 20.3 Å². The summed E-state index contributed by atoms with van der Waals surface area (Å²) in [6.45, 7) is 2.37. The third-order valence-corrected chi connectivity index (χ3v) is 4.21. The van der Waals surface area contributed by atoms with Crippen molar-refractivity contribution in [2.45, 2.75) is 37.6 Å². The number of likely N-dealkylation sites (tertiary alicyclic amines) is 1. The number of rotatable bonds is 2. The first-order valence-electron chi connectivity index (χ1n) is 6.63. The van der Waals surface area contributed by atoms with Crippen LogP contribution in [0, 0.1) is 0 Å². The summed E-state index contributed by atoms with van der Waals surface area (Å²) in [7, 11) is 0. The van der Waals surface area contributed by atoms with Gasteiger partial charge in [-0.3, -0.25) is 9.69 Å². The van der Waals surface area contributed by atoms with Crippen molar-refractivity contribution in [3.05, 3.63) is 35.9 Å². The van der Waals surface area contributed by atoms with E-state index in [4.69, 9.17) is 0 Å². The molecule has 1 aromatic rings. The average Bonchev–Trinajstić information content (AvgIpc) is 2.31. The van der Waals surface area contributed by atoms with E-state index in [1.165, 1.54) is 18.7 Å². The Bertz CT molecular complexity index is 385. The first-order chi connectivity index (χ1) is 8.33. The van der Waals surface area contributed by atoms with Crippen LogP contribution in [0.25, 0.3) is 0 Å². The number of carbonyl (C=O) groups excluding carboxylic acids is 1. The zero-order valence-electron chi connectivity index (χ0n) is 10.1. The second-order valence-corrected chi connectivity index (χ2v) is 5.33. The molecule has 0 spiro atoms. The summed E-state index contributed by atoms with van der Waals surface area (Å²) >= 11 is 0. The number of hydrogen-bond acceptors (Lipinski definition) is 2. The zero-order valence-corrected chi connectivity index (χ0v) is 10.1. The van der Waals surface area contributed by atoms with Crippen LogP contribution in [0.15, 0.2) is 30.3 Å². The molecule has 1 heterocycles. The molecule has 0 atom stereocenters. The number of Topliss-reactive ketones (excluding diaryl/α,β-unsaturated/α-hetero) is 1. The van der Waals surface area contributed by atoms with Crippen LogP contribution >= 0.6 is 0 Å². The first kappa shape index (κ1) is 11.0. The van der Waals surface area contributed by atoms with Crippen LogP contribution in [-0.2, 0) is 4.79 Å². The van der Waals surface area contributed by atoms with E-state index < -0.39 is 0 Å². The molecule has 3 rings (SSSR count). The summed E-state index contributed by atoms with van der Waals surface area (Å²) in [6, 6.07) is 11.5. The Hall–Kier alpha value is -1.15. The van der Waals surface area contributed by atoms with Crippen LogP contribution in [0.3, 0.4) is 0 Å². The van der Waals surface area contributed by atoms with Crippen molar-refractivity contribution in [3.63, 3.8) is 0 Å². The molecule has 0 unspecified atom stereocenters. The van der Waals surface area contributed by atoms with Crippen LogP contribution in [-0.4, -0.2) is 29.8 Å². The molecule has 1 aliphatic carbocycles. The van der Waals surface area contributed by atoms with Gasteiger partial charge in [0.05, 0.1) is 0 Å². The highest BCUT2D eigenvalue weighted by atomic mass is 16.1. The zero-order chi connectivity index (χ0) is 11.7. The fourth-order valence-corrected chi connectivity index (χ4v) is 3.04. The molecule has 0 N–H and O–H groups in total. The molecule has 2 heteroatoms. The Labute approximate surface area is 103 Å². The first-order valence-corrected chi connectivity index (χ1v) is 6.63. The van der Waals surface area contributed by atoms with Gasteiger partial charge in [0.1, 0.15) is 5.78 Å². The lowest BCUT2D eigenvalue weighted by molar-refractivity contribution is -0.121. The van der Waals surface area contributed by atoms with Gasteiger partial charge in [-0.25, -0.2) is 0 Å². The van der Waals surface area contributed by atoms with Gasteiger partial charge < -0.3 is 0 Å². The Kier molecular flexibility index (Phi) is 2.98. The molecule has 0 aromatic heterocycles. The molecule has 1 aromatic carbocycles. The summed E-state index contributed by atoms with van der Waals surface area (Å²) in [6.07, 6.45) is 3.77. The highest BCUT2D eigenvalue weighted by Crippen LogP contribution is 2.32. The molecule has 90 valence electrons. The van der Waals surface area contributed by atoms with Crippen molar-refractivity contribution in [2.75, 3.05) is 13.1 Å². The second-order valence-electron chi connectivity index (χ2n) is 5.33. The predicted octanol–water partition coefficient (Wildman–Crippen LogP) is 2.60. The van der Waals surface area contributed by atoms with Gasteiger partial charge in [-0.1, -0.05) is 30.3 Å². The fourth-order valence-electron chi connectivity index (χ4n) is 3.04. The Morgan fingerprint density at radius 1 is 1.00 bits per heavy atom. The van der Waals surface area contributed by atoms with Gasteiger partial charge in [0, 0.05) is 37.9 Å².